The number of hydrogen-bond donors (Lipinski definition) is 2. The molecule has 124 valence electrons. The van der Waals surface area contributed by atoms with Crippen LogP contribution in [0.25, 0.3) is 0 Å². The van der Waals surface area contributed by atoms with Gasteiger partial charge in [-0.25, -0.2) is 4.79 Å². The molecule has 2 aromatic heterocycles. The number of hydrogen-bond acceptors (Lipinski definition) is 8. The number of aryl methyl sites for hydroxylation is 1. The Balaban J connectivity index is 2.21. The summed E-state index contributed by atoms with van der Waals surface area (Å²) in [6.45, 7) is 5.29. The molecule has 0 amide bonds. The van der Waals surface area contributed by atoms with E-state index in [1.807, 2.05) is 0 Å². The van der Waals surface area contributed by atoms with Crippen molar-refractivity contribution < 1.29 is 14.3 Å². The minimum absolute atomic E-state index is 0.0908. The molecule has 2 heterocycles. The van der Waals surface area contributed by atoms with E-state index >= 15 is 0 Å². The van der Waals surface area contributed by atoms with Crippen LogP contribution in [0.1, 0.15) is 39.0 Å². The molecule has 2 rings (SSSR count). The summed E-state index contributed by atoms with van der Waals surface area (Å²) in [5.41, 5.74) is 2.09. The average molecular weight is 354 g/mol. The van der Waals surface area contributed by atoms with Gasteiger partial charge >= 0.3 is 5.97 Å². The van der Waals surface area contributed by atoms with Crippen molar-refractivity contribution in [3.8, 4) is 0 Å². The van der Waals surface area contributed by atoms with Crippen LogP contribution in [0, 0.1) is 13.8 Å². The van der Waals surface area contributed by atoms with Crippen LogP contribution in [0.4, 0.5) is 5.13 Å². The van der Waals surface area contributed by atoms with Crippen LogP contribution in [0.5, 0.6) is 0 Å². The summed E-state index contributed by atoms with van der Waals surface area (Å²) in [6.07, 6.45) is 0. The van der Waals surface area contributed by atoms with Crippen molar-refractivity contribution in [1.29, 1.82) is 0 Å². The number of nitrogens with one attached hydrogen (secondary N) is 2. The normalized spacial score (nSPS) is 12.0. The van der Waals surface area contributed by atoms with Crippen molar-refractivity contribution in [2.45, 2.75) is 30.4 Å². The predicted molar refractivity (Wildman–Crippen MR) is 90.7 cm³/mol. The van der Waals surface area contributed by atoms with Crippen molar-refractivity contribution >= 4 is 40.0 Å². The molecule has 0 aliphatic heterocycles. The molecule has 2 aromatic rings. The summed E-state index contributed by atoms with van der Waals surface area (Å²) in [4.78, 5) is 27.5. The molecular formula is C14H18N4O3S2. The molecule has 0 fully saturated rings. The largest absolute Gasteiger partial charge is 0.465 e. The van der Waals surface area contributed by atoms with E-state index in [2.05, 4.69) is 20.5 Å². The zero-order chi connectivity index (χ0) is 17.1. The summed E-state index contributed by atoms with van der Waals surface area (Å²) in [5.74, 6) is -0.537. The Kier molecular flexibility index (Phi) is 5.42. The minimum atomic E-state index is -0.446. The fourth-order valence-electron chi connectivity index (χ4n) is 2.17. The Hall–Kier alpha value is -1.87. The highest BCUT2D eigenvalue weighted by molar-refractivity contribution is 8.02. The summed E-state index contributed by atoms with van der Waals surface area (Å²) < 4.78 is 5.48. The molecule has 0 radical (unpaired) electrons. The lowest BCUT2D eigenvalue weighted by Crippen LogP contribution is -2.15. The number of carbonyl (C=O) groups is 2. The molecule has 0 saturated heterocycles. The number of carbonyl (C=O) groups excluding carboxylic acids is 2. The molecule has 9 heteroatoms. The lowest BCUT2D eigenvalue weighted by atomic mass is 10.1. The second-order valence-corrected chi connectivity index (χ2v) is 7.43. The molecule has 0 aromatic carbocycles. The highest BCUT2D eigenvalue weighted by Gasteiger charge is 2.26. The molecule has 0 spiro atoms. The van der Waals surface area contributed by atoms with Crippen LogP contribution in [-0.4, -0.2) is 46.3 Å². The van der Waals surface area contributed by atoms with E-state index in [9.17, 15) is 9.59 Å². The molecule has 0 aliphatic rings. The zero-order valence-corrected chi connectivity index (χ0v) is 15.1. The topological polar surface area (TPSA) is 97.0 Å². The number of aromatic amines is 1. The Morgan fingerprint density at radius 3 is 2.61 bits per heavy atom. The minimum Gasteiger partial charge on any atom is -0.465 e. The monoisotopic (exact) mass is 354 g/mol. The van der Waals surface area contributed by atoms with Gasteiger partial charge in [-0.05, 0) is 26.3 Å². The van der Waals surface area contributed by atoms with E-state index in [1.54, 1.807) is 27.8 Å². The number of rotatable bonds is 6. The van der Waals surface area contributed by atoms with Crippen LogP contribution in [-0.2, 0) is 4.74 Å². The Morgan fingerprint density at radius 1 is 1.35 bits per heavy atom. The Morgan fingerprint density at radius 2 is 2.04 bits per heavy atom. The van der Waals surface area contributed by atoms with Gasteiger partial charge < -0.3 is 15.0 Å². The first-order valence-corrected chi connectivity index (χ1v) is 8.58. The van der Waals surface area contributed by atoms with Gasteiger partial charge in [0.15, 0.2) is 10.1 Å². The third-order valence-electron chi connectivity index (χ3n) is 3.34. The molecule has 7 nitrogen and oxygen atoms in total. The Bertz CT molecular complexity index is 738. The number of nitrogens with zero attached hydrogens (tertiary/aromatic N) is 2. The number of ketones is 1. The molecule has 0 saturated carbocycles. The van der Waals surface area contributed by atoms with Crippen LogP contribution in [0.3, 0.4) is 0 Å². The van der Waals surface area contributed by atoms with Crippen molar-refractivity contribution in [2.24, 2.45) is 0 Å². The first kappa shape index (κ1) is 17.5. The number of esters is 1. The summed E-state index contributed by atoms with van der Waals surface area (Å²) in [6, 6.07) is 0. The van der Waals surface area contributed by atoms with Crippen molar-refractivity contribution in [3.05, 3.63) is 22.5 Å². The Labute approximate surface area is 142 Å². The zero-order valence-electron chi connectivity index (χ0n) is 13.5. The lowest BCUT2D eigenvalue weighted by molar-refractivity contribution is 0.0599. The van der Waals surface area contributed by atoms with Gasteiger partial charge in [0.25, 0.3) is 0 Å². The maximum absolute atomic E-state index is 12.7. The van der Waals surface area contributed by atoms with Gasteiger partial charge in [-0.1, -0.05) is 23.1 Å². The van der Waals surface area contributed by atoms with E-state index in [-0.39, 0.29) is 11.0 Å². The molecule has 1 atom stereocenters. The quantitative estimate of drug-likeness (QED) is 0.467. The number of H-pyrrole nitrogens is 1. The van der Waals surface area contributed by atoms with E-state index < -0.39 is 5.97 Å². The summed E-state index contributed by atoms with van der Waals surface area (Å²) >= 11 is 2.73. The van der Waals surface area contributed by atoms with Crippen molar-refractivity contribution in [3.63, 3.8) is 0 Å². The smallest absolute Gasteiger partial charge is 0.339 e. The van der Waals surface area contributed by atoms with Crippen molar-refractivity contribution in [1.82, 2.24) is 15.2 Å². The second kappa shape index (κ2) is 7.14. The molecule has 0 aliphatic carbocycles. The fourth-order valence-corrected chi connectivity index (χ4v) is 4.08. The summed E-state index contributed by atoms with van der Waals surface area (Å²) in [5, 5.41) is 11.2. The van der Waals surface area contributed by atoms with E-state index in [1.165, 1.54) is 30.2 Å². The van der Waals surface area contributed by atoms with Crippen LogP contribution >= 0.6 is 23.1 Å². The van der Waals surface area contributed by atoms with E-state index in [0.29, 0.717) is 32.0 Å². The third kappa shape index (κ3) is 3.56. The SMILES string of the molecule is CNc1nnc(S[C@H](C)C(=O)c2[nH]c(C)c(C(=O)OC)c2C)s1. The number of aromatic nitrogens is 3. The van der Waals surface area contributed by atoms with Gasteiger partial charge in [0.2, 0.25) is 5.13 Å². The molecule has 2 N–H and O–H groups in total. The van der Waals surface area contributed by atoms with Gasteiger partial charge in [-0.2, -0.15) is 0 Å². The molecule has 0 bridgehead atoms. The van der Waals surface area contributed by atoms with Gasteiger partial charge in [0.1, 0.15) is 0 Å². The van der Waals surface area contributed by atoms with Crippen molar-refractivity contribution in [2.75, 3.05) is 19.5 Å². The first-order valence-electron chi connectivity index (χ1n) is 6.88. The van der Waals surface area contributed by atoms with Crippen LogP contribution < -0.4 is 5.32 Å². The number of ether oxygens (including phenoxy) is 1. The third-order valence-corrected chi connectivity index (χ3v) is 5.47. The first-order chi connectivity index (χ1) is 10.9. The number of anilines is 1. The maximum atomic E-state index is 12.7. The second-order valence-electron chi connectivity index (χ2n) is 4.86. The van der Waals surface area contributed by atoms with Gasteiger partial charge in [-0.15, -0.1) is 10.2 Å². The lowest BCUT2D eigenvalue weighted by Gasteiger charge is -2.07. The van der Waals surface area contributed by atoms with E-state index in [4.69, 9.17) is 4.74 Å². The van der Waals surface area contributed by atoms with Crippen LogP contribution in [0.2, 0.25) is 0 Å². The number of thioether (sulfide) groups is 1. The fraction of sp³-hybridized carbons (Fsp3) is 0.429. The predicted octanol–water partition coefficient (Wildman–Crippen LogP) is 2.67. The molecular weight excluding hydrogens is 336 g/mol. The highest BCUT2D eigenvalue weighted by atomic mass is 32.2. The van der Waals surface area contributed by atoms with E-state index in [0.717, 1.165) is 0 Å². The van der Waals surface area contributed by atoms with Gasteiger partial charge in [0, 0.05) is 12.7 Å². The average Bonchev–Trinajstić information content (AvgIpc) is 3.10. The molecule has 23 heavy (non-hydrogen) atoms. The number of methoxy groups -OCH3 is 1. The summed E-state index contributed by atoms with van der Waals surface area (Å²) in [7, 11) is 3.09. The van der Waals surface area contributed by atoms with Crippen LogP contribution in [0.15, 0.2) is 4.34 Å². The standard InChI is InChI=1S/C14H18N4O3S2/c1-6-9(12(20)21-5)7(2)16-10(6)11(19)8(3)22-14-18-17-13(15-4)23-14/h8,16H,1-5H3,(H,15,17)/t8-/m1/s1. The molecule has 0 unspecified atom stereocenters. The maximum Gasteiger partial charge on any atom is 0.339 e. The van der Waals surface area contributed by atoms with Gasteiger partial charge in [-0.3, -0.25) is 4.79 Å². The number of Topliss-reactive ketones (excluding diaryl/α,β-unsaturated/α-hetero) is 1. The highest BCUT2D eigenvalue weighted by Crippen LogP contribution is 2.31. The van der Waals surface area contributed by atoms with Gasteiger partial charge in [0.05, 0.1) is 23.6 Å².